The van der Waals surface area contributed by atoms with Gasteiger partial charge >= 0.3 is 0 Å². The highest BCUT2D eigenvalue weighted by molar-refractivity contribution is 6.32. The van der Waals surface area contributed by atoms with E-state index in [1.807, 2.05) is 31.2 Å². The summed E-state index contributed by atoms with van der Waals surface area (Å²) in [6.45, 7) is 2.73. The van der Waals surface area contributed by atoms with Crippen LogP contribution in [0.25, 0.3) is 10.8 Å². The molecule has 0 aliphatic carbocycles. The van der Waals surface area contributed by atoms with Crippen molar-refractivity contribution in [1.82, 2.24) is 0 Å². The number of fused-ring (bicyclic) bond motifs is 1. The third kappa shape index (κ3) is 3.86. The highest BCUT2D eigenvalue weighted by Gasteiger charge is 2.13. The molecule has 3 aromatic carbocycles. The summed E-state index contributed by atoms with van der Waals surface area (Å²) in [5, 5.41) is 14.4. The number of benzene rings is 3. The van der Waals surface area contributed by atoms with Crippen molar-refractivity contribution in [2.24, 2.45) is 5.16 Å². The molecular weight excluding hydrogens is 338 g/mol. The fraction of sp³-hybridized carbons (Fsp3) is 0.150. The first-order chi connectivity index (χ1) is 12.2. The lowest BCUT2D eigenvalue weighted by Crippen LogP contribution is -2.02. The van der Waals surface area contributed by atoms with Crippen molar-refractivity contribution in [3.63, 3.8) is 0 Å². The molecule has 0 radical (unpaired) electrons. The second-order valence-electron chi connectivity index (χ2n) is 5.43. The summed E-state index contributed by atoms with van der Waals surface area (Å²) < 4.78 is 11.6. The molecule has 3 aromatic rings. The number of hydrogen-bond donors (Lipinski definition) is 1. The molecule has 0 saturated heterocycles. The van der Waals surface area contributed by atoms with Gasteiger partial charge in [0.2, 0.25) is 0 Å². The molecule has 0 fully saturated rings. The Labute approximate surface area is 151 Å². The minimum atomic E-state index is 0.370. The predicted molar refractivity (Wildman–Crippen MR) is 100 cm³/mol. The lowest BCUT2D eigenvalue weighted by Gasteiger charge is -2.15. The number of nitrogens with zero attached hydrogens (tertiary/aromatic N) is 1. The first kappa shape index (κ1) is 17.1. The van der Waals surface area contributed by atoms with E-state index in [2.05, 4.69) is 23.4 Å². The monoisotopic (exact) mass is 355 g/mol. The predicted octanol–water partition coefficient (Wildman–Crippen LogP) is 5.28. The zero-order chi connectivity index (χ0) is 17.6. The van der Waals surface area contributed by atoms with Crippen LogP contribution in [0.1, 0.15) is 18.1 Å². The average Bonchev–Trinajstić information content (AvgIpc) is 2.61. The van der Waals surface area contributed by atoms with E-state index < -0.39 is 0 Å². The topological polar surface area (TPSA) is 51.0 Å². The molecule has 0 bridgehead atoms. The molecule has 0 atom stereocenters. The van der Waals surface area contributed by atoms with E-state index in [4.69, 9.17) is 26.3 Å². The molecule has 5 heteroatoms. The zero-order valence-corrected chi connectivity index (χ0v) is 14.5. The van der Waals surface area contributed by atoms with Crippen LogP contribution >= 0.6 is 11.6 Å². The molecular formula is C20H18ClNO3. The summed E-state index contributed by atoms with van der Waals surface area (Å²) in [5.74, 6) is 0.997. The van der Waals surface area contributed by atoms with Crippen molar-refractivity contribution in [2.75, 3.05) is 6.61 Å². The molecule has 0 amide bonds. The van der Waals surface area contributed by atoms with Gasteiger partial charge in [-0.2, -0.15) is 0 Å². The molecule has 128 valence electrons. The number of ether oxygens (including phenoxy) is 2. The summed E-state index contributed by atoms with van der Waals surface area (Å²) in [7, 11) is 0. The molecule has 3 rings (SSSR count). The number of oxime groups is 1. The molecule has 0 spiro atoms. The third-order valence-electron chi connectivity index (χ3n) is 3.79. The van der Waals surface area contributed by atoms with Gasteiger partial charge in [-0.1, -0.05) is 59.2 Å². The summed E-state index contributed by atoms with van der Waals surface area (Å²) in [6.07, 6.45) is 1.29. The third-order valence-corrected chi connectivity index (χ3v) is 4.07. The van der Waals surface area contributed by atoms with E-state index in [0.717, 1.165) is 16.3 Å². The van der Waals surface area contributed by atoms with Crippen molar-refractivity contribution in [3.05, 3.63) is 70.7 Å². The summed E-state index contributed by atoms with van der Waals surface area (Å²) in [4.78, 5) is 0. The van der Waals surface area contributed by atoms with Crippen LogP contribution in [0.5, 0.6) is 11.5 Å². The van der Waals surface area contributed by atoms with Gasteiger partial charge in [0, 0.05) is 5.56 Å². The van der Waals surface area contributed by atoms with E-state index in [1.54, 1.807) is 12.1 Å². The van der Waals surface area contributed by atoms with Crippen molar-refractivity contribution in [3.8, 4) is 11.5 Å². The Morgan fingerprint density at radius 2 is 1.88 bits per heavy atom. The van der Waals surface area contributed by atoms with Gasteiger partial charge in [-0.3, -0.25) is 0 Å². The van der Waals surface area contributed by atoms with Gasteiger partial charge in [0.1, 0.15) is 6.61 Å². The molecule has 0 saturated carbocycles. The van der Waals surface area contributed by atoms with E-state index in [9.17, 15) is 0 Å². The van der Waals surface area contributed by atoms with Gasteiger partial charge in [0.25, 0.3) is 0 Å². The normalized spacial score (nSPS) is 11.1. The van der Waals surface area contributed by atoms with Gasteiger partial charge in [-0.05, 0) is 35.4 Å². The van der Waals surface area contributed by atoms with Crippen LogP contribution in [-0.4, -0.2) is 18.0 Å². The lowest BCUT2D eigenvalue weighted by molar-refractivity contribution is 0.270. The Morgan fingerprint density at radius 1 is 1.08 bits per heavy atom. The molecule has 0 heterocycles. The molecule has 0 aromatic heterocycles. The molecule has 4 nitrogen and oxygen atoms in total. The van der Waals surface area contributed by atoms with E-state index in [0.29, 0.717) is 35.3 Å². The minimum Gasteiger partial charge on any atom is -0.490 e. The van der Waals surface area contributed by atoms with Crippen LogP contribution < -0.4 is 9.47 Å². The molecule has 0 aliphatic heterocycles. The molecule has 25 heavy (non-hydrogen) atoms. The van der Waals surface area contributed by atoms with Gasteiger partial charge in [0.05, 0.1) is 17.8 Å². The van der Waals surface area contributed by atoms with Gasteiger partial charge < -0.3 is 14.7 Å². The second-order valence-corrected chi connectivity index (χ2v) is 5.84. The van der Waals surface area contributed by atoms with Gasteiger partial charge in [0.15, 0.2) is 11.5 Å². The van der Waals surface area contributed by atoms with Gasteiger partial charge in [-0.25, -0.2) is 0 Å². The SMILES string of the molecule is CCOc1cc(/C=N\O)cc(Cl)c1OCc1cccc2ccccc12. The largest absolute Gasteiger partial charge is 0.490 e. The fourth-order valence-corrected chi connectivity index (χ4v) is 2.97. The van der Waals surface area contributed by atoms with Crippen LogP contribution in [0.3, 0.4) is 0 Å². The number of hydrogen-bond acceptors (Lipinski definition) is 4. The highest BCUT2D eigenvalue weighted by atomic mass is 35.5. The van der Waals surface area contributed by atoms with Crippen LogP contribution in [-0.2, 0) is 6.61 Å². The lowest BCUT2D eigenvalue weighted by atomic mass is 10.1. The van der Waals surface area contributed by atoms with E-state index in [-0.39, 0.29) is 0 Å². The number of halogens is 1. The standard InChI is InChI=1S/C20H18ClNO3/c1-2-24-19-11-14(12-22-23)10-18(21)20(19)25-13-16-8-5-7-15-6-3-4-9-17(15)16/h3-12,23H,2,13H2,1H3/b22-12-. The average molecular weight is 356 g/mol. The molecule has 0 aliphatic rings. The highest BCUT2D eigenvalue weighted by Crippen LogP contribution is 2.37. The smallest absolute Gasteiger partial charge is 0.180 e. The van der Waals surface area contributed by atoms with Crippen molar-refractivity contribution < 1.29 is 14.7 Å². The van der Waals surface area contributed by atoms with Crippen LogP contribution in [0.2, 0.25) is 5.02 Å². The minimum absolute atomic E-state index is 0.370. The van der Waals surface area contributed by atoms with E-state index >= 15 is 0 Å². The summed E-state index contributed by atoms with van der Waals surface area (Å²) >= 11 is 6.34. The second kappa shape index (κ2) is 7.90. The molecule has 1 N–H and O–H groups in total. The Bertz CT molecular complexity index is 903. The maximum absolute atomic E-state index is 8.71. The van der Waals surface area contributed by atoms with Gasteiger partial charge in [-0.15, -0.1) is 0 Å². The van der Waals surface area contributed by atoms with E-state index in [1.165, 1.54) is 6.21 Å². The quantitative estimate of drug-likeness (QED) is 0.372. The first-order valence-electron chi connectivity index (χ1n) is 7.96. The maximum atomic E-state index is 8.71. The Kier molecular flexibility index (Phi) is 5.41. The van der Waals surface area contributed by atoms with Crippen molar-refractivity contribution in [1.29, 1.82) is 0 Å². The Balaban J connectivity index is 1.91. The maximum Gasteiger partial charge on any atom is 0.180 e. The van der Waals surface area contributed by atoms with Crippen LogP contribution in [0, 0.1) is 0 Å². The zero-order valence-electron chi connectivity index (χ0n) is 13.8. The van der Waals surface area contributed by atoms with Crippen LogP contribution in [0.15, 0.2) is 59.8 Å². The Morgan fingerprint density at radius 3 is 2.68 bits per heavy atom. The molecule has 0 unspecified atom stereocenters. The number of rotatable bonds is 6. The fourth-order valence-electron chi connectivity index (χ4n) is 2.70. The van der Waals surface area contributed by atoms with Crippen LogP contribution in [0.4, 0.5) is 0 Å². The Hall–Kier alpha value is -2.72. The van der Waals surface area contributed by atoms with Crippen molar-refractivity contribution in [2.45, 2.75) is 13.5 Å². The first-order valence-corrected chi connectivity index (χ1v) is 8.34. The summed E-state index contributed by atoms with van der Waals surface area (Å²) in [6, 6.07) is 17.7. The summed E-state index contributed by atoms with van der Waals surface area (Å²) in [5.41, 5.74) is 1.70. The van der Waals surface area contributed by atoms with Crippen molar-refractivity contribution >= 4 is 28.6 Å².